The Morgan fingerprint density at radius 1 is 0.851 bits per heavy atom. The molecule has 4 aliphatic heterocycles. The highest BCUT2D eigenvalue weighted by molar-refractivity contribution is 9.09. The van der Waals surface area contributed by atoms with Gasteiger partial charge in [0.05, 0.1) is 106 Å². The Morgan fingerprint density at radius 2 is 1.56 bits per heavy atom. The van der Waals surface area contributed by atoms with Gasteiger partial charge in [-0.25, -0.2) is 9.59 Å². The molecule has 2 amide bonds. The van der Waals surface area contributed by atoms with E-state index in [4.69, 9.17) is 66.4 Å². The highest BCUT2D eigenvalue weighted by Gasteiger charge is 2.57. The van der Waals surface area contributed by atoms with Gasteiger partial charge in [-0.05, 0) is 62.3 Å². The highest BCUT2D eigenvalue weighted by Crippen LogP contribution is 2.44. The maximum atomic E-state index is 15.5. The number of carbonyl (C=O) groups excluding carboxylic acids is 4. The fourth-order valence-electron chi connectivity index (χ4n) is 10.5. The molecule has 19 atom stereocenters. The van der Waals surface area contributed by atoms with Gasteiger partial charge in [-0.1, -0.05) is 57.9 Å². The van der Waals surface area contributed by atoms with Crippen LogP contribution < -0.4 is 30.9 Å². The summed E-state index contributed by atoms with van der Waals surface area (Å²) in [5.74, 6) is 8.68. The van der Waals surface area contributed by atoms with E-state index in [0.717, 1.165) is 7.11 Å². The van der Waals surface area contributed by atoms with E-state index in [1.54, 1.807) is 27.2 Å². The number of alkyl carbamates (subject to hydrolysis) is 1. The smallest absolute Gasteiger partial charge is 0.411 e. The number of ether oxygens (including phenoxy) is 13. The molecule has 1 aromatic carbocycles. The average molecular weight is 1300 g/mol. The molecule has 3 unspecified atom stereocenters. The van der Waals surface area contributed by atoms with E-state index in [0.29, 0.717) is 0 Å². The zero-order valence-corrected chi connectivity index (χ0v) is 53.1. The second kappa shape index (κ2) is 32.4. The molecule has 4 heterocycles. The Labute approximate surface area is 520 Å². The van der Waals surface area contributed by atoms with Gasteiger partial charge in [-0.2, -0.15) is 17.2 Å². The Morgan fingerprint density at radius 3 is 2.22 bits per heavy atom. The first-order valence-electron chi connectivity index (χ1n) is 27.5. The second-order valence-electron chi connectivity index (χ2n) is 20.4. The van der Waals surface area contributed by atoms with Crippen LogP contribution >= 0.6 is 43.2 Å². The summed E-state index contributed by atoms with van der Waals surface area (Å²) in [6.45, 7) is 8.65. The van der Waals surface area contributed by atoms with E-state index in [9.17, 15) is 34.8 Å². The minimum atomic E-state index is -2.63. The number of aliphatic hydroxyl groups excluding tert-OH is 3. The molecular weight excluding hydrogens is 1220 g/mol. The third-order valence-electron chi connectivity index (χ3n) is 15.0. The number of carbonyl (C=O) groups is 4. The van der Waals surface area contributed by atoms with E-state index in [-0.39, 0.29) is 82.3 Å². The van der Waals surface area contributed by atoms with E-state index >= 15 is 4.79 Å². The van der Waals surface area contributed by atoms with Crippen molar-refractivity contribution in [3.05, 3.63) is 65.1 Å². The Hall–Kier alpha value is -4.62. The average Bonchev–Trinajstić information content (AvgIpc) is 0.873. The van der Waals surface area contributed by atoms with Crippen LogP contribution in [0.2, 0.25) is 0 Å². The molecule has 0 spiro atoms. The number of Topliss-reactive ketones (excluding diaryl/α,β-unsaturated/α-hetero) is 1. The Balaban J connectivity index is 1.23. The molecule has 0 saturated carbocycles. The zero-order valence-electron chi connectivity index (χ0n) is 49.8. The molecular formula is C57H76N4O22S4. The molecule has 4 fully saturated rings. The molecule has 4 saturated heterocycles. The summed E-state index contributed by atoms with van der Waals surface area (Å²) in [5.41, 5.74) is -0.858. The predicted octanol–water partition coefficient (Wildman–Crippen LogP) is 2.64. The summed E-state index contributed by atoms with van der Waals surface area (Å²) >= 11 is 1.47. The lowest BCUT2D eigenvalue weighted by molar-refractivity contribution is -0.336. The molecule has 0 radical (unpaired) electrons. The number of rotatable bonds is 24. The largest absolute Gasteiger partial charge is 0.493 e. The van der Waals surface area contributed by atoms with Gasteiger partial charge in [0, 0.05) is 55.4 Å². The summed E-state index contributed by atoms with van der Waals surface area (Å²) in [5, 5.41) is 56.5. The number of hydroxylamine groups is 1. The molecule has 30 heteroatoms. The van der Waals surface area contributed by atoms with E-state index < -0.39 is 134 Å². The van der Waals surface area contributed by atoms with Gasteiger partial charge in [-0.15, -0.1) is 0 Å². The Bertz CT molecular complexity index is 2820. The lowest BCUT2D eigenvalue weighted by atomic mass is 9.73. The van der Waals surface area contributed by atoms with Gasteiger partial charge < -0.3 is 92.6 Å². The number of hydrogen-bond donors (Lipinski definition) is 8. The van der Waals surface area contributed by atoms with Crippen LogP contribution in [0.5, 0.6) is 11.5 Å². The second-order valence-corrected chi connectivity index (χ2v) is 25.8. The lowest BCUT2D eigenvalue weighted by Crippen LogP contribution is -2.65. The van der Waals surface area contributed by atoms with Crippen molar-refractivity contribution < 1.29 is 106 Å². The normalized spacial score (nSPS) is 34.9. The number of hydrogen-bond acceptors (Lipinski definition) is 28. The van der Waals surface area contributed by atoms with Crippen molar-refractivity contribution >= 4 is 72.6 Å². The lowest BCUT2D eigenvalue weighted by Gasteiger charge is -2.47. The number of likely N-dealkylation sites (N-methyl/N-ethyl adjacent to an activating group) is 1. The number of aliphatic hydroxyl groups is 4. The quantitative estimate of drug-likeness (QED) is 0.0140. The summed E-state index contributed by atoms with van der Waals surface area (Å²) in [4.78, 5) is 61.9. The molecule has 1 aromatic rings. The summed E-state index contributed by atoms with van der Waals surface area (Å²) in [7, 11) is 12.5. The molecule has 2 bridgehead atoms. The van der Waals surface area contributed by atoms with Gasteiger partial charge >= 0.3 is 12.1 Å². The van der Waals surface area contributed by atoms with Crippen LogP contribution in [0.25, 0.3) is 0 Å². The van der Waals surface area contributed by atoms with Crippen molar-refractivity contribution in [2.24, 2.45) is 0 Å². The summed E-state index contributed by atoms with van der Waals surface area (Å²) in [6.07, 6.45) is -11.6. The maximum absolute atomic E-state index is 15.5. The van der Waals surface area contributed by atoms with Crippen molar-refractivity contribution in [1.29, 1.82) is 0 Å². The van der Waals surface area contributed by atoms with Crippen molar-refractivity contribution in [3.8, 4) is 35.2 Å². The molecule has 8 N–H and O–H groups in total. The van der Waals surface area contributed by atoms with Crippen molar-refractivity contribution in [1.82, 2.24) is 16.1 Å². The number of nitrogens with one attached hydrogen (secondary N) is 4. The van der Waals surface area contributed by atoms with E-state index in [1.165, 1.54) is 95.7 Å². The minimum Gasteiger partial charge on any atom is -0.493 e. The van der Waals surface area contributed by atoms with Crippen LogP contribution in [-0.2, 0) is 66.5 Å². The van der Waals surface area contributed by atoms with Crippen molar-refractivity contribution in [2.75, 3.05) is 72.8 Å². The molecule has 480 valence electrons. The maximum Gasteiger partial charge on any atom is 0.411 e. The summed E-state index contributed by atoms with van der Waals surface area (Å²) in [6, 6.07) is 1.34. The van der Waals surface area contributed by atoms with Crippen molar-refractivity contribution in [2.45, 2.75) is 155 Å². The summed E-state index contributed by atoms with van der Waals surface area (Å²) < 4.78 is 77.4. The molecule has 0 aromatic heterocycles. The minimum absolute atomic E-state index is 0.0771. The number of allylic oxidation sites excluding steroid dienone is 2. The number of ketones is 1. The first-order chi connectivity index (χ1) is 41.7. The van der Waals surface area contributed by atoms with Crippen LogP contribution in [0.1, 0.15) is 50.4 Å². The van der Waals surface area contributed by atoms with Gasteiger partial charge in [0.15, 0.2) is 60.2 Å². The molecule has 7 rings (SSSR count). The van der Waals surface area contributed by atoms with Crippen LogP contribution in [0, 0.1) is 23.7 Å². The fraction of sp³-hybridized carbons (Fsp3) is 0.614. The molecule has 2 aliphatic carbocycles. The zero-order chi connectivity index (χ0) is 63.3. The third-order valence-corrected chi connectivity index (χ3v) is 20.0. The van der Waals surface area contributed by atoms with Crippen molar-refractivity contribution in [3.63, 3.8) is 0 Å². The number of benzene rings is 1. The highest BCUT2D eigenvalue weighted by atomic mass is 33.5. The number of fused-ring (bicyclic) bond motifs is 2. The number of esters is 1. The first-order valence-corrected chi connectivity index (χ1v) is 32.9. The van der Waals surface area contributed by atoms with Crippen LogP contribution in [0.3, 0.4) is 0 Å². The number of thioether (sulfide) groups is 1. The topological polar surface area (TPSA) is 327 Å². The predicted molar refractivity (Wildman–Crippen MR) is 321 cm³/mol. The molecule has 87 heavy (non-hydrogen) atoms. The standard InChI is InChI=1S/C57H76N4O22S4/c1-27-45(61-83-43-24-36(63)51(84-11)29(3)77-43)47(64)50(80-41-25-38(71-7)34(58-5)26-75-41)55(78-27)79-37-17-15-13-14-16-19-57(69)32(18-20-86-87-85-12)44(37)46(60-56(68)74-10)48(65)52(57)81-42-23-35(62)49(28(2)76-42)82-54(67)31-21-39(72-8)40(73-9)22-33(31)59-53(66)30(4)70-6/h13-14,18,21-22,27-29,34-38,41-43,45,47,49-52,55,58,61-64,69H,4,20,23-26H2,1-3,5-12H3,(H,59,66)(H,60,68)/b14-13-,32-18-/t27-,28-,29-,34-,35-,36+,37?,38-,41-,42-,43+,45-,47+,49+,50-,51-,52?,55+,57?/m0/s1. The van der Waals surface area contributed by atoms with Crippen LogP contribution in [-0.4, -0.2) is 227 Å². The van der Waals surface area contributed by atoms with Gasteiger partial charge in [0.25, 0.3) is 5.91 Å². The van der Waals surface area contributed by atoms with Crippen LogP contribution in [0.4, 0.5) is 10.5 Å². The first kappa shape index (κ1) is 69.8. The number of methoxy groups -OCH3 is 5. The van der Waals surface area contributed by atoms with Gasteiger partial charge in [0.2, 0.25) is 5.78 Å². The molecule has 26 nitrogen and oxygen atoms in total. The molecule has 6 aliphatic rings. The van der Waals surface area contributed by atoms with Crippen LogP contribution in [0.15, 0.2) is 59.5 Å². The monoisotopic (exact) mass is 1300 g/mol. The van der Waals surface area contributed by atoms with E-state index in [2.05, 4.69) is 51.7 Å². The number of anilines is 1. The SMILES string of the molecule is C=C(OC)C(=O)Nc1cc(OC)c(OC)cc1C(=O)O[C@@H]1[C@H](C)O[C@@H](OC2C(=O)C(NC(=O)OC)=C3/C(=C/CSSSC)C2(O)C#C/C=C\C#CC3O[C@H]2O[C@@H](C)[C@H](NO[C@@H]3C[C@@H](O)[C@@H](SC)[C@H](C)O3)[C@@H](O)[C@@H]2O[C@H]2C[C@H](OC)[C@@H](NC)CO2)C[C@@H]1O. The van der Waals surface area contributed by atoms with E-state index in [1.807, 2.05) is 19.4 Å². The third kappa shape index (κ3) is 16.7. The fourth-order valence-corrected chi connectivity index (χ4v) is 13.8. The van der Waals surface area contributed by atoms with Gasteiger partial charge in [-0.3, -0.25) is 19.7 Å². The number of amides is 2. The van der Waals surface area contributed by atoms with Gasteiger partial charge in [0.1, 0.15) is 18.3 Å². The Kier molecular flexibility index (Phi) is 26.0.